The van der Waals surface area contributed by atoms with Crippen LogP contribution in [0.4, 0.5) is 5.69 Å². The third-order valence-corrected chi connectivity index (χ3v) is 4.74. The lowest BCUT2D eigenvalue weighted by molar-refractivity contribution is 0.0438. The molecule has 5 nitrogen and oxygen atoms in total. The minimum Gasteiger partial charge on any atom is -0.489 e. The SMILES string of the molecule is C=C(C)COc1ccc(C2(C)Nc3ccccc3C(=O)N2CCOC)cc1. The summed E-state index contributed by atoms with van der Waals surface area (Å²) in [5.74, 6) is 0.767. The molecule has 3 rings (SSSR count). The lowest BCUT2D eigenvalue weighted by Crippen LogP contribution is -2.56. The van der Waals surface area contributed by atoms with E-state index in [1.807, 2.05) is 67.3 Å². The van der Waals surface area contributed by atoms with E-state index in [1.165, 1.54) is 0 Å². The van der Waals surface area contributed by atoms with Crippen molar-refractivity contribution in [1.82, 2.24) is 4.90 Å². The number of rotatable bonds is 7. The summed E-state index contributed by atoms with van der Waals surface area (Å²) >= 11 is 0. The number of para-hydroxylation sites is 1. The van der Waals surface area contributed by atoms with Crippen LogP contribution < -0.4 is 10.1 Å². The molecule has 2 aromatic carbocycles. The monoisotopic (exact) mass is 366 g/mol. The Bertz CT molecular complexity index is 832. The number of anilines is 1. The molecule has 1 atom stereocenters. The zero-order chi connectivity index (χ0) is 19.4. The molecule has 0 aliphatic carbocycles. The van der Waals surface area contributed by atoms with Crippen LogP contribution in [-0.4, -0.2) is 37.7 Å². The van der Waals surface area contributed by atoms with Gasteiger partial charge in [-0.25, -0.2) is 0 Å². The zero-order valence-corrected chi connectivity index (χ0v) is 16.1. The summed E-state index contributed by atoms with van der Waals surface area (Å²) in [5.41, 5.74) is 2.77. The fraction of sp³-hybridized carbons (Fsp3) is 0.318. The number of ether oxygens (including phenoxy) is 2. The van der Waals surface area contributed by atoms with Crippen LogP contribution in [0.1, 0.15) is 29.8 Å². The molecular weight excluding hydrogens is 340 g/mol. The van der Waals surface area contributed by atoms with Crippen molar-refractivity contribution in [2.75, 3.05) is 32.2 Å². The van der Waals surface area contributed by atoms with Crippen LogP contribution in [-0.2, 0) is 10.4 Å². The topological polar surface area (TPSA) is 50.8 Å². The Hall–Kier alpha value is -2.79. The van der Waals surface area contributed by atoms with E-state index < -0.39 is 5.66 Å². The van der Waals surface area contributed by atoms with Crippen molar-refractivity contribution in [2.24, 2.45) is 0 Å². The summed E-state index contributed by atoms with van der Waals surface area (Å²) in [6.45, 7) is 9.23. The first-order chi connectivity index (χ1) is 13.0. The zero-order valence-electron chi connectivity index (χ0n) is 16.1. The molecule has 1 amide bonds. The van der Waals surface area contributed by atoms with Crippen LogP contribution in [0.25, 0.3) is 0 Å². The maximum absolute atomic E-state index is 13.2. The largest absolute Gasteiger partial charge is 0.489 e. The van der Waals surface area contributed by atoms with Gasteiger partial charge in [-0.2, -0.15) is 0 Å². The molecule has 0 saturated heterocycles. The van der Waals surface area contributed by atoms with Gasteiger partial charge in [-0.1, -0.05) is 30.8 Å². The van der Waals surface area contributed by atoms with Crippen molar-refractivity contribution in [1.29, 1.82) is 0 Å². The summed E-state index contributed by atoms with van der Waals surface area (Å²) < 4.78 is 10.9. The van der Waals surface area contributed by atoms with Crippen molar-refractivity contribution in [2.45, 2.75) is 19.5 Å². The Morgan fingerprint density at radius 2 is 1.89 bits per heavy atom. The van der Waals surface area contributed by atoms with Gasteiger partial charge in [0.25, 0.3) is 5.91 Å². The van der Waals surface area contributed by atoms with Gasteiger partial charge in [0.2, 0.25) is 0 Å². The number of carbonyl (C=O) groups excluding carboxylic acids is 1. The average Bonchev–Trinajstić information content (AvgIpc) is 2.66. The van der Waals surface area contributed by atoms with Crippen LogP contribution in [0.5, 0.6) is 5.75 Å². The number of benzene rings is 2. The van der Waals surface area contributed by atoms with Crippen LogP contribution in [0.2, 0.25) is 0 Å². The van der Waals surface area contributed by atoms with Crippen LogP contribution in [0.15, 0.2) is 60.7 Å². The first-order valence-corrected chi connectivity index (χ1v) is 9.01. The predicted octanol–water partition coefficient (Wildman–Crippen LogP) is 4.03. The third-order valence-electron chi connectivity index (χ3n) is 4.74. The van der Waals surface area contributed by atoms with Crippen molar-refractivity contribution in [3.8, 4) is 5.75 Å². The number of carbonyl (C=O) groups is 1. The van der Waals surface area contributed by atoms with E-state index >= 15 is 0 Å². The Kier molecular flexibility index (Phi) is 5.51. The molecule has 0 aromatic heterocycles. The van der Waals surface area contributed by atoms with E-state index in [1.54, 1.807) is 7.11 Å². The minimum absolute atomic E-state index is 0.00786. The maximum atomic E-state index is 13.2. The van der Waals surface area contributed by atoms with E-state index in [0.29, 0.717) is 25.3 Å². The average molecular weight is 366 g/mol. The number of methoxy groups -OCH3 is 1. The molecule has 1 unspecified atom stereocenters. The number of nitrogens with zero attached hydrogens (tertiary/aromatic N) is 1. The van der Waals surface area contributed by atoms with Crippen molar-refractivity contribution >= 4 is 11.6 Å². The number of hydrogen-bond donors (Lipinski definition) is 1. The molecule has 0 bridgehead atoms. The summed E-state index contributed by atoms with van der Waals surface area (Å²) in [7, 11) is 1.64. The first-order valence-electron chi connectivity index (χ1n) is 9.01. The Morgan fingerprint density at radius 1 is 1.19 bits per heavy atom. The van der Waals surface area contributed by atoms with Crippen LogP contribution in [0.3, 0.4) is 0 Å². The van der Waals surface area contributed by atoms with Gasteiger partial charge < -0.3 is 19.7 Å². The van der Waals surface area contributed by atoms with Gasteiger partial charge in [-0.3, -0.25) is 4.79 Å². The molecule has 0 radical (unpaired) electrons. The minimum atomic E-state index is -0.684. The molecule has 1 aliphatic heterocycles. The van der Waals surface area contributed by atoms with E-state index in [0.717, 1.165) is 22.6 Å². The highest BCUT2D eigenvalue weighted by Gasteiger charge is 2.42. The van der Waals surface area contributed by atoms with Gasteiger partial charge in [-0.15, -0.1) is 0 Å². The summed E-state index contributed by atoms with van der Waals surface area (Å²) in [4.78, 5) is 15.0. The smallest absolute Gasteiger partial charge is 0.258 e. The highest BCUT2D eigenvalue weighted by Crippen LogP contribution is 2.38. The fourth-order valence-corrected chi connectivity index (χ4v) is 3.27. The molecule has 0 saturated carbocycles. The van der Waals surface area contributed by atoms with E-state index in [-0.39, 0.29) is 5.91 Å². The molecule has 27 heavy (non-hydrogen) atoms. The van der Waals surface area contributed by atoms with Gasteiger partial charge in [0, 0.05) is 19.3 Å². The predicted molar refractivity (Wildman–Crippen MR) is 107 cm³/mol. The summed E-state index contributed by atoms with van der Waals surface area (Å²) in [6, 6.07) is 15.4. The molecular formula is C22H26N2O3. The normalized spacial score (nSPS) is 18.6. The second-order valence-corrected chi connectivity index (χ2v) is 6.96. The molecule has 1 N–H and O–H groups in total. The van der Waals surface area contributed by atoms with E-state index in [9.17, 15) is 4.79 Å². The van der Waals surface area contributed by atoms with Gasteiger partial charge in [-0.05, 0) is 49.2 Å². The number of fused-ring (bicyclic) bond motifs is 1. The molecule has 2 aromatic rings. The molecule has 0 spiro atoms. The number of nitrogens with one attached hydrogen (secondary N) is 1. The van der Waals surface area contributed by atoms with E-state index in [4.69, 9.17) is 9.47 Å². The quantitative estimate of drug-likeness (QED) is 0.752. The molecule has 5 heteroatoms. The summed E-state index contributed by atoms with van der Waals surface area (Å²) in [5, 5.41) is 3.54. The highest BCUT2D eigenvalue weighted by molar-refractivity contribution is 6.02. The van der Waals surface area contributed by atoms with Gasteiger partial charge in [0.05, 0.1) is 12.2 Å². The molecule has 142 valence electrons. The first kappa shape index (κ1) is 19.0. The second kappa shape index (κ2) is 7.84. The molecule has 0 fully saturated rings. The Labute approximate surface area is 160 Å². The number of amides is 1. The summed E-state index contributed by atoms with van der Waals surface area (Å²) in [6.07, 6.45) is 0. The Balaban J connectivity index is 1.94. The highest BCUT2D eigenvalue weighted by atomic mass is 16.5. The van der Waals surface area contributed by atoms with E-state index in [2.05, 4.69) is 11.9 Å². The van der Waals surface area contributed by atoms with Gasteiger partial charge in [0.1, 0.15) is 18.0 Å². The van der Waals surface area contributed by atoms with Crippen molar-refractivity contribution in [3.05, 3.63) is 71.8 Å². The van der Waals surface area contributed by atoms with Crippen LogP contribution in [0, 0.1) is 0 Å². The number of hydrogen-bond acceptors (Lipinski definition) is 4. The molecule has 1 heterocycles. The van der Waals surface area contributed by atoms with Crippen molar-refractivity contribution in [3.63, 3.8) is 0 Å². The third kappa shape index (κ3) is 3.83. The lowest BCUT2D eigenvalue weighted by atomic mass is 9.93. The molecule has 1 aliphatic rings. The van der Waals surface area contributed by atoms with Crippen molar-refractivity contribution < 1.29 is 14.3 Å². The fourth-order valence-electron chi connectivity index (χ4n) is 3.27. The van der Waals surface area contributed by atoms with Gasteiger partial charge >= 0.3 is 0 Å². The van der Waals surface area contributed by atoms with Crippen LogP contribution >= 0.6 is 0 Å². The maximum Gasteiger partial charge on any atom is 0.258 e. The standard InChI is InChI=1S/C22H26N2O3/c1-16(2)15-27-18-11-9-17(10-12-18)22(3)23-20-8-6-5-7-19(20)21(25)24(22)13-14-26-4/h5-12,23H,1,13-15H2,2-4H3. The second-order valence-electron chi connectivity index (χ2n) is 6.96. The Morgan fingerprint density at radius 3 is 2.56 bits per heavy atom. The lowest BCUT2D eigenvalue weighted by Gasteiger charge is -2.46. The van der Waals surface area contributed by atoms with Gasteiger partial charge in [0.15, 0.2) is 0 Å².